The molecule has 0 bridgehead atoms. The number of hydrogen-bond acceptors (Lipinski definition) is 3. The Kier molecular flexibility index (Phi) is 4.68. The van der Waals surface area contributed by atoms with Crippen LogP contribution in [0.15, 0.2) is 102 Å². The number of fused-ring (bicyclic) bond motifs is 6. The zero-order chi connectivity index (χ0) is 24.2. The summed E-state index contributed by atoms with van der Waals surface area (Å²) in [4.78, 5) is 0. The first-order valence-corrected chi connectivity index (χ1v) is 12.5. The number of nitrogens with zero attached hydrogens (tertiary/aromatic N) is 3. The van der Waals surface area contributed by atoms with E-state index < -0.39 is 0 Å². The van der Waals surface area contributed by atoms with Crippen LogP contribution in [0, 0.1) is 0 Å². The van der Waals surface area contributed by atoms with E-state index in [0.717, 1.165) is 61.9 Å². The quantitative estimate of drug-likeness (QED) is 0.260. The predicted molar refractivity (Wildman–Crippen MR) is 147 cm³/mol. The minimum atomic E-state index is 0.446. The fourth-order valence-electron chi connectivity index (χ4n) is 5.32. The molecule has 0 aliphatic carbocycles. The summed E-state index contributed by atoms with van der Waals surface area (Å²) in [5, 5.41) is 13.9. The van der Waals surface area contributed by atoms with Gasteiger partial charge in [0.05, 0.1) is 0 Å². The van der Waals surface area contributed by atoms with Crippen LogP contribution in [0.25, 0.3) is 60.9 Å². The van der Waals surface area contributed by atoms with Gasteiger partial charge >= 0.3 is 0 Å². The van der Waals surface area contributed by atoms with E-state index in [-0.39, 0.29) is 0 Å². The Balaban J connectivity index is 1.36. The fraction of sp³-hybridized carbons (Fsp3) is 0.125. The van der Waals surface area contributed by atoms with E-state index in [4.69, 9.17) is 4.42 Å². The molecular weight excluding hydrogens is 442 g/mol. The molecule has 7 rings (SSSR count). The van der Waals surface area contributed by atoms with Crippen molar-refractivity contribution >= 4 is 38.4 Å². The Labute approximate surface area is 208 Å². The summed E-state index contributed by atoms with van der Waals surface area (Å²) >= 11 is 0. The first-order valence-electron chi connectivity index (χ1n) is 12.5. The van der Waals surface area contributed by atoms with Crippen LogP contribution in [-0.2, 0) is 0 Å². The van der Waals surface area contributed by atoms with E-state index in [0.29, 0.717) is 5.92 Å². The zero-order valence-electron chi connectivity index (χ0n) is 20.3. The van der Waals surface area contributed by atoms with Crippen molar-refractivity contribution in [3.05, 3.63) is 103 Å². The lowest BCUT2D eigenvalue weighted by molar-refractivity contribution is 0.670. The number of benzene rings is 4. The Bertz CT molecular complexity index is 1890. The van der Waals surface area contributed by atoms with Gasteiger partial charge in [0.25, 0.3) is 0 Å². The minimum absolute atomic E-state index is 0.446. The van der Waals surface area contributed by atoms with Crippen molar-refractivity contribution in [2.75, 3.05) is 0 Å². The third-order valence-electron chi connectivity index (χ3n) is 7.44. The lowest BCUT2D eigenvalue weighted by atomic mass is 9.95. The summed E-state index contributed by atoms with van der Waals surface area (Å²) in [5.41, 5.74) is 7.29. The summed E-state index contributed by atoms with van der Waals surface area (Å²) in [6, 6.07) is 31.6. The third-order valence-corrected chi connectivity index (χ3v) is 7.44. The maximum Gasteiger partial charge on any atom is 0.168 e. The van der Waals surface area contributed by atoms with E-state index in [9.17, 15) is 0 Å². The van der Waals surface area contributed by atoms with Gasteiger partial charge in [-0.2, -0.15) is 0 Å². The third kappa shape index (κ3) is 3.07. The second kappa shape index (κ2) is 8.06. The monoisotopic (exact) mass is 467 g/mol. The Morgan fingerprint density at radius 1 is 0.722 bits per heavy atom. The standard InChI is InChI=1S/C32H25N3O/c1-3-20(2)28-19-35-31(33-34-32(35)27-11-5-4-9-24(27)28)22-17-15-21(16-18-22)23-12-8-13-26-25-10-6-7-14-29(25)36-30(23)26/h4-20H,3H2,1-2H3. The number of rotatable bonds is 4. The molecule has 0 aliphatic heterocycles. The fourth-order valence-corrected chi connectivity index (χ4v) is 5.32. The number of furan rings is 1. The van der Waals surface area contributed by atoms with Gasteiger partial charge in [-0.3, -0.25) is 4.40 Å². The van der Waals surface area contributed by atoms with Gasteiger partial charge in [-0.05, 0) is 34.9 Å². The van der Waals surface area contributed by atoms with Gasteiger partial charge in [0.15, 0.2) is 11.5 Å². The van der Waals surface area contributed by atoms with Crippen LogP contribution in [0.3, 0.4) is 0 Å². The molecule has 0 aliphatic rings. The van der Waals surface area contributed by atoms with Gasteiger partial charge in [-0.1, -0.05) is 98.8 Å². The molecule has 0 amide bonds. The van der Waals surface area contributed by atoms with E-state index >= 15 is 0 Å². The van der Waals surface area contributed by atoms with Crippen molar-refractivity contribution in [2.45, 2.75) is 26.2 Å². The number of hydrogen-bond donors (Lipinski definition) is 0. The normalized spacial score (nSPS) is 12.7. The lowest BCUT2D eigenvalue weighted by Crippen LogP contribution is -1.99. The highest BCUT2D eigenvalue weighted by Gasteiger charge is 2.17. The van der Waals surface area contributed by atoms with Crippen LogP contribution in [0.2, 0.25) is 0 Å². The Morgan fingerprint density at radius 3 is 2.22 bits per heavy atom. The zero-order valence-corrected chi connectivity index (χ0v) is 20.3. The Morgan fingerprint density at radius 2 is 1.42 bits per heavy atom. The van der Waals surface area contributed by atoms with Crippen LogP contribution >= 0.6 is 0 Å². The van der Waals surface area contributed by atoms with Crippen LogP contribution in [-0.4, -0.2) is 14.6 Å². The lowest BCUT2D eigenvalue weighted by Gasteiger charge is -2.14. The van der Waals surface area contributed by atoms with E-state index in [1.165, 1.54) is 10.9 Å². The van der Waals surface area contributed by atoms with E-state index in [1.54, 1.807) is 0 Å². The molecule has 1 unspecified atom stereocenters. The van der Waals surface area contributed by atoms with Crippen molar-refractivity contribution in [3.8, 4) is 22.5 Å². The minimum Gasteiger partial charge on any atom is -0.455 e. The molecule has 4 nitrogen and oxygen atoms in total. The summed E-state index contributed by atoms with van der Waals surface area (Å²) in [5.74, 6) is 1.30. The van der Waals surface area contributed by atoms with E-state index in [1.807, 2.05) is 12.1 Å². The highest BCUT2D eigenvalue weighted by molar-refractivity contribution is 6.09. The average Bonchev–Trinajstić information content (AvgIpc) is 3.54. The van der Waals surface area contributed by atoms with Gasteiger partial charge in [-0.25, -0.2) is 0 Å². The SMILES string of the molecule is CCC(C)c1cn2c(-c3ccc(-c4cccc5c4oc4ccccc45)cc3)nnc2c2ccccc12. The van der Waals surface area contributed by atoms with Crippen LogP contribution in [0.4, 0.5) is 0 Å². The van der Waals surface area contributed by atoms with Gasteiger partial charge in [0, 0.05) is 33.5 Å². The highest BCUT2D eigenvalue weighted by Crippen LogP contribution is 2.37. The number of para-hydroxylation sites is 2. The van der Waals surface area contributed by atoms with Gasteiger partial charge < -0.3 is 4.42 Å². The van der Waals surface area contributed by atoms with Crippen molar-refractivity contribution in [1.82, 2.24) is 14.6 Å². The molecule has 0 saturated carbocycles. The molecule has 3 aromatic heterocycles. The van der Waals surface area contributed by atoms with E-state index in [2.05, 4.69) is 114 Å². The van der Waals surface area contributed by atoms with Crippen molar-refractivity contribution in [2.24, 2.45) is 0 Å². The molecule has 0 saturated heterocycles. The molecule has 36 heavy (non-hydrogen) atoms. The smallest absolute Gasteiger partial charge is 0.168 e. The van der Waals surface area contributed by atoms with Crippen molar-refractivity contribution < 1.29 is 4.42 Å². The molecule has 7 aromatic rings. The van der Waals surface area contributed by atoms with Crippen molar-refractivity contribution in [3.63, 3.8) is 0 Å². The largest absolute Gasteiger partial charge is 0.455 e. The molecule has 1 atom stereocenters. The second-order valence-electron chi connectivity index (χ2n) is 9.51. The molecule has 0 spiro atoms. The van der Waals surface area contributed by atoms with Crippen LogP contribution < -0.4 is 0 Å². The van der Waals surface area contributed by atoms with Gasteiger partial charge in [-0.15, -0.1) is 10.2 Å². The molecular formula is C32H25N3O. The Hall–Kier alpha value is -4.44. The number of pyridine rings is 1. The van der Waals surface area contributed by atoms with Crippen LogP contribution in [0.1, 0.15) is 31.7 Å². The predicted octanol–water partition coefficient (Wildman–Crippen LogP) is 8.63. The maximum atomic E-state index is 6.26. The summed E-state index contributed by atoms with van der Waals surface area (Å²) in [6.07, 6.45) is 3.30. The summed E-state index contributed by atoms with van der Waals surface area (Å²) in [7, 11) is 0. The second-order valence-corrected chi connectivity index (χ2v) is 9.51. The van der Waals surface area contributed by atoms with Crippen LogP contribution in [0.5, 0.6) is 0 Å². The molecule has 3 heterocycles. The molecule has 0 N–H and O–H groups in total. The summed E-state index contributed by atoms with van der Waals surface area (Å²) < 4.78 is 8.41. The molecule has 0 fully saturated rings. The average molecular weight is 468 g/mol. The highest BCUT2D eigenvalue weighted by atomic mass is 16.3. The van der Waals surface area contributed by atoms with Gasteiger partial charge in [0.1, 0.15) is 11.2 Å². The van der Waals surface area contributed by atoms with Gasteiger partial charge in [0.2, 0.25) is 0 Å². The van der Waals surface area contributed by atoms with Crippen molar-refractivity contribution in [1.29, 1.82) is 0 Å². The molecule has 174 valence electrons. The molecule has 4 heteroatoms. The number of aromatic nitrogens is 3. The topological polar surface area (TPSA) is 43.3 Å². The first kappa shape index (κ1) is 20.9. The maximum absolute atomic E-state index is 6.26. The molecule has 0 radical (unpaired) electrons. The first-order chi connectivity index (χ1) is 17.7. The summed E-state index contributed by atoms with van der Waals surface area (Å²) in [6.45, 7) is 4.52. The molecule has 4 aromatic carbocycles.